The number of anilines is 1. The number of hydrogen-bond donors (Lipinski definition) is 1. The monoisotopic (exact) mass is 340 g/mol. The maximum Gasteiger partial charge on any atom is 0.279 e. The Morgan fingerprint density at radius 3 is 1.96 bits per heavy atom. The van der Waals surface area contributed by atoms with E-state index in [-0.39, 0.29) is 11.3 Å². The van der Waals surface area contributed by atoms with E-state index in [1.54, 1.807) is 24.3 Å². The van der Waals surface area contributed by atoms with Gasteiger partial charge in [0.1, 0.15) is 0 Å². The fraction of sp³-hybridized carbons (Fsp3) is 0. The van der Waals surface area contributed by atoms with Gasteiger partial charge in [-0.2, -0.15) is 0 Å². The van der Waals surface area contributed by atoms with Crippen LogP contribution in [0.1, 0.15) is 11.1 Å². The van der Waals surface area contributed by atoms with Gasteiger partial charge in [-0.15, -0.1) is 12.8 Å². The van der Waals surface area contributed by atoms with E-state index in [0.717, 1.165) is 0 Å². The van der Waals surface area contributed by atoms with Crippen molar-refractivity contribution in [3.05, 3.63) is 70.0 Å². The highest BCUT2D eigenvalue weighted by molar-refractivity contribution is 5.85. The number of nitro benzene ring substituents is 1. The van der Waals surface area contributed by atoms with Gasteiger partial charge < -0.3 is 5.73 Å². The molecule has 0 amide bonds. The van der Waals surface area contributed by atoms with Crippen molar-refractivity contribution in [1.82, 2.24) is 9.97 Å². The van der Waals surface area contributed by atoms with E-state index in [0.29, 0.717) is 33.8 Å². The minimum Gasteiger partial charge on any atom is -0.398 e. The molecule has 0 bridgehead atoms. The van der Waals surface area contributed by atoms with E-state index in [1.165, 1.54) is 24.5 Å². The fourth-order valence-corrected chi connectivity index (χ4v) is 2.52. The summed E-state index contributed by atoms with van der Waals surface area (Å²) >= 11 is 0. The summed E-state index contributed by atoms with van der Waals surface area (Å²) in [5, 5.41) is 11.6. The third-order valence-corrected chi connectivity index (χ3v) is 3.77. The lowest BCUT2D eigenvalue weighted by Gasteiger charge is -2.10. The molecule has 2 heterocycles. The first kappa shape index (κ1) is 16.7. The highest BCUT2D eigenvalue weighted by Gasteiger charge is 2.21. The zero-order valence-electron chi connectivity index (χ0n) is 13.5. The lowest BCUT2D eigenvalue weighted by atomic mass is 10.00. The van der Waals surface area contributed by atoms with Gasteiger partial charge >= 0.3 is 0 Å². The first-order chi connectivity index (χ1) is 12.5. The molecule has 124 valence electrons. The van der Waals surface area contributed by atoms with E-state index in [1.807, 2.05) is 0 Å². The molecule has 0 saturated carbocycles. The average molecular weight is 340 g/mol. The summed E-state index contributed by atoms with van der Waals surface area (Å²) < 4.78 is 0. The predicted molar refractivity (Wildman–Crippen MR) is 99.8 cm³/mol. The summed E-state index contributed by atoms with van der Waals surface area (Å²) in [6, 6.07) is 9.42. The Labute approximate surface area is 149 Å². The largest absolute Gasteiger partial charge is 0.398 e. The normalized spacial score (nSPS) is 9.92. The number of rotatable bonds is 3. The van der Waals surface area contributed by atoms with Crippen molar-refractivity contribution >= 4 is 11.4 Å². The number of nitrogen functional groups attached to an aromatic ring is 1. The Morgan fingerprint density at radius 1 is 0.923 bits per heavy atom. The van der Waals surface area contributed by atoms with Crippen LogP contribution < -0.4 is 5.73 Å². The van der Waals surface area contributed by atoms with Crippen molar-refractivity contribution in [2.24, 2.45) is 0 Å². The van der Waals surface area contributed by atoms with Gasteiger partial charge in [-0.25, -0.2) is 0 Å². The number of hydrogen-bond acceptors (Lipinski definition) is 5. The molecule has 0 fully saturated rings. The fourth-order valence-electron chi connectivity index (χ4n) is 2.52. The van der Waals surface area contributed by atoms with E-state index in [2.05, 4.69) is 21.8 Å². The Kier molecular flexibility index (Phi) is 4.34. The minimum atomic E-state index is -0.493. The van der Waals surface area contributed by atoms with Crippen LogP contribution >= 0.6 is 0 Å². The summed E-state index contributed by atoms with van der Waals surface area (Å²) in [5.41, 5.74) is 9.00. The number of nitrogens with two attached hydrogens (primary N) is 1. The second kappa shape index (κ2) is 6.76. The number of aromatic nitrogens is 2. The molecule has 0 saturated heterocycles. The first-order valence-electron chi connectivity index (χ1n) is 7.47. The smallest absolute Gasteiger partial charge is 0.279 e. The van der Waals surface area contributed by atoms with Crippen LogP contribution in [0.15, 0.2) is 48.8 Å². The second-order valence-corrected chi connectivity index (χ2v) is 5.36. The van der Waals surface area contributed by atoms with E-state index in [4.69, 9.17) is 18.6 Å². The van der Waals surface area contributed by atoms with E-state index < -0.39 is 4.92 Å². The van der Waals surface area contributed by atoms with Crippen molar-refractivity contribution in [1.29, 1.82) is 0 Å². The van der Waals surface area contributed by atoms with Crippen molar-refractivity contribution < 1.29 is 4.92 Å². The number of terminal acetylenes is 2. The highest BCUT2D eigenvalue weighted by atomic mass is 16.6. The molecule has 0 spiro atoms. The number of benzene rings is 1. The van der Waals surface area contributed by atoms with Crippen LogP contribution in [0.4, 0.5) is 11.4 Å². The molecular weight excluding hydrogens is 328 g/mol. The molecular formula is C20H12N4O2. The van der Waals surface area contributed by atoms with Crippen molar-refractivity contribution in [2.75, 3.05) is 5.73 Å². The Balaban J connectivity index is 2.23. The van der Waals surface area contributed by atoms with Gasteiger partial charge in [-0.1, -0.05) is 11.8 Å². The van der Waals surface area contributed by atoms with Gasteiger partial charge in [-0.05, 0) is 30.3 Å². The average Bonchev–Trinajstić information content (AvgIpc) is 2.67. The summed E-state index contributed by atoms with van der Waals surface area (Å²) in [6.45, 7) is 0. The molecule has 3 rings (SSSR count). The summed E-state index contributed by atoms with van der Waals surface area (Å²) in [6.07, 6.45) is 13.8. The van der Waals surface area contributed by atoms with Gasteiger partial charge in [0, 0.05) is 40.8 Å². The quantitative estimate of drug-likeness (QED) is 0.342. The molecule has 3 aromatic rings. The summed E-state index contributed by atoms with van der Waals surface area (Å²) in [7, 11) is 0. The van der Waals surface area contributed by atoms with E-state index >= 15 is 0 Å². The van der Waals surface area contributed by atoms with Gasteiger partial charge in [-0.3, -0.25) is 20.1 Å². The Morgan fingerprint density at radius 2 is 1.46 bits per heavy atom. The third kappa shape index (κ3) is 3.08. The van der Waals surface area contributed by atoms with Gasteiger partial charge in [0.2, 0.25) is 0 Å². The van der Waals surface area contributed by atoms with Crippen molar-refractivity contribution in [3.63, 3.8) is 0 Å². The topological polar surface area (TPSA) is 94.9 Å². The van der Waals surface area contributed by atoms with Crippen LogP contribution in [-0.4, -0.2) is 14.9 Å². The Hall–Kier alpha value is -4.16. The maximum atomic E-state index is 11.6. The molecule has 0 aliphatic carbocycles. The predicted octanol–water partition coefficient (Wildman–Crippen LogP) is 3.26. The van der Waals surface area contributed by atoms with Crippen LogP contribution in [0.2, 0.25) is 0 Å². The third-order valence-electron chi connectivity index (χ3n) is 3.77. The molecule has 0 aliphatic rings. The molecule has 0 atom stereocenters. The molecule has 2 aromatic heterocycles. The van der Waals surface area contributed by atoms with Gasteiger partial charge in [0.05, 0.1) is 21.9 Å². The molecule has 26 heavy (non-hydrogen) atoms. The lowest BCUT2D eigenvalue weighted by Crippen LogP contribution is -1.99. The van der Waals surface area contributed by atoms with Gasteiger partial charge in [0.25, 0.3) is 5.69 Å². The second-order valence-electron chi connectivity index (χ2n) is 5.36. The molecule has 0 aliphatic heterocycles. The number of nitro groups is 1. The van der Waals surface area contributed by atoms with Crippen molar-refractivity contribution in [2.45, 2.75) is 0 Å². The molecule has 1 aromatic carbocycles. The number of nitrogens with zero attached hydrogens (tertiary/aromatic N) is 3. The molecule has 6 nitrogen and oxygen atoms in total. The van der Waals surface area contributed by atoms with Crippen molar-refractivity contribution in [3.8, 4) is 47.2 Å². The van der Waals surface area contributed by atoms with Crippen LogP contribution in [0.5, 0.6) is 0 Å². The molecule has 0 unspecified atom stereocenters. The van der Waals surface area contributed by atoms with Crippen LogP contribution in [0.25, 0.3) is 22.5 Å². The molecule has 0 radical (unpaired) electrons. The SMILES string of the molecule is C#Cc1ccnc(-c2cc([N+](=O)[O-])c(-c3cc(C#C)ccn3)cc2N)c1. The zero-order chi connectivity index (χ0) is 18.7. The number of pyridine rings is 2. The minimum absolute atomic E-state index is 0.149. The highest BCUT2D eigenvalue weighted by Crippen LogP contribution is 2.37. The van der Waals surface area contributed by atoms with Crippen LogP contribution in [0, 0.1) is 34.8 Å². The van der Waals surface area contributed by atoms with E-state index in [9.17, 15) is 10.1 Å². The van der Waals surface area contributed by atoms with Crippen LogP contribution in [0.3, 0.4) is 0 Å². The molecule has 6 heteroatoms. The standard InChI is InChI=1S/C20H12N4O2/c1-3-13-5-7-22-18(9-13)15-12-20(24(25)26)16(11-17(15)21)19-10-14(4-2)6-8-23-19/h1-2,5-12H,21H2. The van der Waals surface area contributed by atoms with Gasteiger partial charge in [0.15, 0.2) is 0 Å². The maximum absolute atomic E-state index is 11.6. The Bertz CT molecular complexity index is 1110. The van der Waals surface area contributed by atoms with Crippen LogP contribution in [-0.2, 0) is 0 Å². The molecule has 2 N–H and O–H groups in total. The first-order valence-corrected chi connectivity index (χ1v) is 7.47. The lowest BCUT2D eigenvalue weighted by molar-refractivity contribution is -0.384. The summed E-state index contributed by atoms with van der Waals surface area (Å²) in [5.74, 6) is 4.98. The zero-order valence-corrected chi connectivity index (χ0v) is 13.5. The summed E-state index contributed by atoms with van der Waals surface area (Å²) in [4.78, 5) is 19.5.